The second kappa shape index (κ2) is 8.12. The van der Waals surface area contributed by atoms with E-state index in [0.717, 1.165) is 50.0 Å². The number of aromatic amines is 1. The number of fused-ring (bicyclic) bond motifs is 1. The highest BCUT2D eigenvalue weighted by atomic mass is 19.4. The van der Waals surface area contributed by atoms with Gasteiger partial charge in [-0.05, 0) is 26.2 Å². The molecule has 0 radical (unpaired) electrons. The van der Waals surface area contributed by atoms with E-state index in [0.29, 0.717) is 5.91 Å². The second-order valence-corrected chi connectivity index (χ2v) is 8.05. The summed E-state index contributed by atoms with van der Waals surface area (Å²) < 4.78 is 31.7. The van der Waals surface area contributed by atoms with E-state index in [1.54, 1.807) is 0 Å². The molecule has 1 aliphatic heterocycles. The number of benzene rings is 1. The van der Waals surface area contributed by atoms with Crippen molar-refractivity contribution < 1.29 is 27.9 Å². The first-order valence-corrected chi connectivity index (χ1v) is 9.74. The van der Waals surface area contributed by atoms with E-state index in [1.165, 1.54) is 16.8 Å². The van der Waals surface area contributed by atoms with E-state index in [2.05, 4.69) is 53.2 Å². The first kappa shape index (κ1) is 21.9. The topological polar surface area (TPSA) is 86.3 Å². The average molecular weight is 423 g/mol. The third kappa shape index (κ3) is 4.83. The standard InChI is InChI=1S/C19H23N3O.C2HF3O2/c1-13-3-5-14(6-4-13)17-15-7-11-22(12-8-16(15)20-21-17)18(23)19(2)9-10-19;3-2(4,5)1(6)7/h3-6H,7-12H2,1-2H3,(H,20,21);(H,6,7). The van der Waals surface area contributed by atoms with Gasteiger partial charge in [-0.3, -0.25) is 9.89 Å². The molecule has 1 fully saturated rings. The third-order valence-corrected chi connectivity index (χ3v) is 5.59. The number of carbonyl (C=O) groups excluding carboxylic acids is 1. The first-order chi connectivity index (χ1) is 14.0. The molecule has 9 heteroatoms. The van der Waals surface area contributed by atoms with E-state index >= 15 is 0 Å². The molecule has 1 aromatic heterocycles. The Morgan fingerprint density at radius 3 is 2.23 bits per heavy atom. The normalized spacial score (nSPS) is 17.3. The fourth-order valence-electron chi connectivity index (χ4n) is 3.42. The lowest BCUT2D eigenvalue weighted by Gasteiger charge is -2.23. The van der Waals surface area contributed by atoms with Crippen LogP contribution in [0.1, 0.15) is 36.6 Å². The highest BCUT2D eigenvalue weighted by Gasteiger charge is 2.47. The fourth-order valence-corrected chi connectivity index (χ4v) is 3.42. The molecule has 0 bridgehead atoms. The quantitative estimate of drug-likeness (QED) is 0.771. The summed E-state index contributed by atoms with van der Waals surface area (Å²) in [5.74, 6) is -2.42. The van der Waals surface area contributed by atoms with Crippen LogP contribution in [0, 0.1) is 12.3 Å². The molecule has 0 atom stereocenters. The largest absolute Gasteiger partial charge is 0.490 e. The number of alkyl halides is 3. The van der Waals surface area contributed by atoms with Gasteiger partial charge >= 0.3 is 12.1 Å². The Bertz CT molecular complexity index is 931. The number of carboxylic acids is 1. The van der Waals surface area contributed by atoms with E-state index in [4.69, 9.17) is 9.90 Å². The van der Waals surface area contributed by atoms with Crippen LogP contribution in [0.5, 0.6) is 0 Å². The summed E-state index contributed by atoms with van der Waals surface area (Å²) >= 11 is 0. The summed E-state index contributed by atoms with van der Waals surface area (Å²) in [5.41, 5.74) is 5.86. The van der Waals surface area contributed by atoms with Gasteiger partial charge in [-0.1, -0.05) is 36.8 Å². The van der Waals surface area contributed by atoms with Gasteiger partial charge in [0.25, 0.3) is 0 Å². The van der Waals surface area contributed by atoms with Crippen molar-refractivity contribution in [3.63, 3.8) is 0 Å². The number of aromatic nitrogens is 2. The van der Waals surface area contributed by atoms with Gasteiger partial charge in [0.1, 0.15) is 0 Å². The SMILES string of the molecule is Cc1ccc(-c2n[nH]c3c2CCN(C(=O)C2(C)CC2)CC3)cc1.O=C(O)C(F)(F)F. The Kier molecular flexibility index (Phi) is 5.92. The summed E-state index contributed by atoms with van der Waals surface area (Å²) in [6.07, 6.45) is -1.24. The lowest BCUT2D eigenvalue weighted by Crippen LogP contribution is -2.38. The van der Waals surface area contributed by atoms with Crippen molar-refractivity contribution in [2.45, 2.75) is 45.7 Å². The van der Waals surface area contributed by atoms with Crippen LogP contribution in [0.3, 0.4) is 0 Å². The van der Waals surface area contributed by atoms with Gasteiger partial charge < -0.3 is 10.0 Å². The molecule has 1 aromatic carbocycles. The molecule has 2 aromatic rings. The molecule has 1 amide bonds. The first-order valence-electron chi connectivity index (χ1n) is 9.74. The van der Waals surface area contributed by atoms with Crippen LogP contribution in [-0.2, 0) is 22.4 Å². The highest BCUT2D eigenvalue weighted by molar-refractivity contribution is 5.85. The van der Waals surface area contributed by atoms with E-state index < -0.39 is 12.1 Å². The molecule has 0 saturated heterocycles. The molecule has 2 N–H and O–H groups in total. The van der Waals surface area contributed by atoms with Crippen molar-refractivity contribution >= 4 is 11.9 Å². The number of halogens is 3. The minimum atomic E-state index is -5.08. The van der Waals surface area contributed by atoms with E-state index in [1.807, 2.05) is 0 Å². The van der Waals surface area contributed by atoms with Crippen LogP contribution in [0.25, 0.3) is 11.3 Å². The number of nitrogens with zero attached hydrogens (tertiary/aromatic N) is 2. The van der Waals surface area contributed by atoms with Crippen molar-refractivity contribution in [1.82, 2.24) is 15.1 Å². The molecule has 4 rings (SSSR count). The highest BCUT2D eigenvalue weighted by Crippen LogP contribution is 2.46. The van der Waals surface area contributed by atoms with Crippen LogP contribution >= 0.6 is 0 Å². The predicted molar refractivity (Wildman–Crippen MR) is 104 cm³/mol. The van der Waals surface area contributed by atoms with Crippen molar-refractivity contribution in [3.05, 3.63) is 41.1 Å². The van der Waals surface area contributed by atoms with Crippen molar-refractivity contribution in [1.29, 1.82) is 0 Å². The number of carbonyl (C=O) groups is 2. The monoisotopic (exact) mass is 423 g/mol. The summed E-state index contributed by atoms with van der Waals surface area (Å²) in [7, 11) is 0. The zero-order valence-electron chi connectivity index (χ0n) is 16.8. The Morgan fingerprint density at radius 2 is 1.70 bits per heavy atom. The molecule has 2 aliphatic rings. The molecule has 30 heavy (non-hydrogen) atoms. The Hall–Kier alpha value is -2.84. The van der Waals surface area contributed by atoms with Crippen molar-refractivity contribution in [3.8, 4) is 11.3 Å². The number of rotatable bonds is 2. The molecule has 0 unspecified atom stereocenters. The summed E-state index contributed by atoms with van der Waals surface area (Å²) in [5, 5.41) is 14.9. The maximum absolute atomic E-state index is 12.6. The predicted octanol–water partition coefficient (Wildman–Crippen LogP) is 3.75. The summed E-state index contributed by atoms with van der Waals surface area (Å²) in [4.78, 5) is 23.6. The minimum absolute atomic E-state index is 0.0733. The molecular formula is C21H24F3N3O3. The molecule has 0 spiro atoms. The molecule has 162 valence electrons. The van der Waals surface area contributed by atoms with Gasteiger partial charge in [-0.15, -0.1) is 0 Å². The van der Waals surface area contributed by atoms with Crippen LogP contribution in [0.2, 0.25) is 0 Å². The number of carboxylic acid groups (broad SMARTS) is 1. The number of aryl methyl sites for hydroxylation is 1. The smallest absolute Gasteiger partial charge is 0.475 e. The lowest BCUT2D eigenvalue weighted by molar-refractivity contribution is -0.192. The van der Waals surface area contributed by atoms with Crippen molar-refractivity contribution in [2.24, 2.45) is 5.41 Å². The number of H-pyrrole nitrogens is 1. The van der Waals surface area contributed by atoms with Gasteiger partial charge in [0.2, 0.25) is 5.91 Å². The van der Waals surface area contributed by atoms with Crippen molar-refractivity contribution in [2.75, 3.05) is 13.1 Å². The summed E-state index contributed by atoms with van der Waals surface area (Å²) in [6.45, 7) is 5.80. The summed E-state index contributed by atoms with van der Waals surface area (Å²) in [6, 6.07) is 8.50. The molecular weight excluding hydrogens is 399 g/mol. The Morgan fingerprint density at radius 1 is 1.13 bits per heavy atom. The molecule has 6 nitrogen and oxygen atoms in total. The van der Waals surface area contributed by atoms with Gasteiger partial charge in [0.05, 0.1) is 5.69 Å². The number of hydrogen-bond acceptors (Lipinski definition) is 3. The van der Waals surface area contributed by atoms with Gasteiger partial charge in [0.15, 0.2) is 0 Å². The number of aliphatic carboxylic acids is 1. The molecule has 2 heterocycles. The van der Waals surface area contributed by atoms with Crippen LogP contribution in [0.15, 0.2) is 24.3 Å². The Labute approximate surface area is 172 Å². The fraction of sp³-hybridized carbons (Fsp3) is 0.476. The number of amides is 1. The Balaban J connectivity index is 0.000000318. The zero-order chi connectivity index (χ0) is 22.1. The number of hydrogen-bond donors (Lipinski definition) is 2. The average Bonchev–Trinajstić information content (AvgIpc) is 3.37. The lowest BCUT2D eigenvalue weighted by atomic mass is 10.0. The van der Waals surface area contributed by atoms with Gasteiger partial charge in [-0.2, -0.15) is 18.3 Å². The van der Waals surface area contributed by atoms with Gasteiger partial charge in [0, 0.05) is 41.7 Å². The molecule has 1 saturated carbocycles. The molecule has 1 aliphatic carbocycles. The zero-order valence-corrected chi connectivity index (χ0v) is 16.8. The maximum Gasteiger partial charge on any atom is 0.490 e. The third-order valence-electron chi connectivity index (χ3n) is 5.59. The second-order valence-electron chi connectivity index (χ2n) is 8.05. The van der Waals surface area contributed by atoms with Crippen LogP contribution in [-0.4, -0.2) is 51.3 Å². The van der Waals surface area contributed by atoms with E-state index in [9.17, 15) is 18.0 Å². The van der Waals surface area contributed by atoms with E-state index in [-0.39, 0.29) is 5.41 Å². The van der Waals surface area contributed by atoms with Crippen LogP contribution < -0.4 is 0 Å². The van der Waals surface area contributed by atoms with Gasteiger partial charge in [-0.25, -0.2) is 4.79 Å². The number of nitrogens with one attached hydrogen (secondary N) is 1. The van der Waals surface area contributed by atoms with Crippen LogP contribution in [0.4, 0.5) is 13.2 Å². The maximum atomic E-state index is 12.6. The minimum Gasteiger partial charge on any atom is -0.475 e.